The molecule has 13 rings (SSSR count). The van der Waals surface area contributed by atoms with Gasteiger partial charge in [0.2, 0.25) is 0 Å². The summed E-state index contributed by atoms with van der Waals surface area (Å²) < 4.78 is 2.58. The minimum absolute atomic E-state index is 0.560. The number of thiophene rings is 1. The summed E-state index contributed by atoms with van der Waals surface area (Å²) >= 11 is 1.86. The van der Waals surface area contributed by atoms with E-state index in [1.54, 1.807) is 0 Å². The van der Waals surface area contributed by atoms with Crippen LogP contribution in [0.25, 0.3) is 75.8 Å². The largest absolute Gasteiger partial charge is 0.310 e. The first kappa shape index (κ1) is 40.7. The van der Waals surface area contributed by atoms with Crippen LogP contribution in [0.3, 0.4) is 0 Å². The van der Waals surface area contributed by atoms with E-state index in [0.29, 0.717) is 0 Å². The molecule has 0 fully saturated rings. The highest BCUT2D eigenvalue weighted by molar-refractivity contribution is 7.25. The number of hydrogen-bond acceptors (Lipinski definition) is 2. The maximum absolute atomic E-state index is 2.51. The fourth-order valence-corrected chi connectivity index (χ4v) is 12.2. The topological polar surface area (TPSA) is 3.24 Å². The van der Waals surface area contributed by atoms with Crippen molar-refractivity contribution >= 4 is 48.6 Å². The van der Waals surface area contributed by atoms with Crippen molar-refractivity contribution in [3.63, 3.8) is 0 Å². The molecule has 69 heavy (non-hydrogen) atoms. The first-order valence-corrected chi connectivity index (χ1v) is 24.6. The molecule has 0 radical (unpaired) electrons. The van der Waals surface area contributed by atoms with Crippen molar-refractivity contribution in [3.8, 4) is 55.6 Å². The Morgan fingerprint density at radius 1 is 0.290 bits per heavy atom. The van der Waals surface area contributed by atoms with Crippen LogP contribution in [-0.2, 0) is 5.41 Å². The van der Waals surface area contributed by atoms with Crippen molar-refractivity contribution < 1.29 is 0 Å². The Kier molecular flexibility index (Phi) is 10.00. The lowest BCUT2D eigenvalue weighted by Gasteiger charge is -2.35. The molecule has 0 aliphatic heterocycles. The highest BCUT2D eigenvalue weighted by Gasteiger charge is 2.46. The van der Waals surface area contributed by atoms with E-state index in [1.807, 2.05) is 11.3 Å². The molecule has 12 aromatic rings. The lowest BCUT2D eigenvalue weighted by Crippen LogP contribution is -2.28. The summed E-state index contributed by atoms with van der Waals surface area (Å²) in [6, 6.07) is 101. The molecule has 0 N–H and O–H groups in total. The SMILES string of the molecule is c1ccc(-c2cccc(-c3cccc(N(c4cccc(-c5ccccc5)c4)c4cccc(C5(c6ccccc6)c6ccccc6-c6ccccc65)c4)c3-c3ccc4sc5ccccc5c4c3)c2)cc1. The van der Waals surface area contributed by atoms with Crippen molar-refractivity contribution in [2.75, 3.05) is 4.90 Å². The highest BCUT2D eigenvalue weighted by atomic mass is 32.1. The van der Waals surface area contributed by atoms with E-state index in [1.165, 1.54) is 86.9 Å². The van der Waals surface area contributed by atoms with Crippen molar-refractivity contribution in [2.24, 2.45) is 0 Å². The summed E-state index contributed by atoms with van der Waals surface area (Å²) in [4.78, 5) is 2.51. The molecule has 1 aliphatic carbocycles. The van der Waals surface area contributed by atoms with Gasteiger partial charge in [-0.15, -0.1) is 11.3 Å². The summed E-state index contributed by atoms with van der Waals surface area (Å²) in [7, 11) is 0. The molecule has 0 saturated carbocycles. The predicted molar refractivity (Wildman–Crippen MR) is 293 cm³/mol. The van der Waals surface area contributed by atoms with Crippen molar-refractivity contribution in [3.05, 3.63) is 295 Å². The Bertz CT molecular complexity index is 3800. The second-order valence-electron chi connectivity index (χ2n) is 18.0. The average molecular weight is 896 g/mol. The van der Waals surface area contributed by atoms with Gasteiger partial charge in [0.15, 0.2) is 0 Å². The molecule has 0 unspecified atom stereocenters. The Hall–Kier alpha value is -8.56. The number of nitrogens with zero attached hydrogens (tertiary/aromatic N) is 1. The maximum atomic E-state index is 2.51. The molecule has 0 amide bonds. The van der Waals surface area contributed by atoms with Crippen LogP contribution < -0.4 is 4.90 Å². The van der Waals surface area contributed by atoms with Crippen LogP contribution in [0.5, 0.6) is 0 Å². The van der Waals surface area contributed by atoms with E-state index in [9.17, 15) is 0 Å². The number of anilines is 3. The van der Waals surface area contributed by atoms with Gasteiger partial charge in [-0.2, -0.15) is 0 Å². The van der Waals surface area contributed by atoms with Gasteiger partial charge in [-0.25, -0.2) is 0 Å². The van der Waals surface area contributed by atoms with Gasteiger partial charge in [0, 0.05) is 37.1 Å². The molecule has 0 bridgehead atoms. The second kappa shape index (κ2) is 16.9. The first-order valence-electron chi connectivity index (χ1n) is 23.7. The molecule has 2 heteroatoms. The van der Waals surface area contributed by atoms with E-state index >= 15 is 0 Å². The molecule has 1 heterocycles. The van der Waals surface area contributed by atoms with E-state index < -0.39 is 5.41 Å². The Labute approximate surface area is 407 Å². The van der Waals surface area contributed by atoms with Gasteiger partial charge in [0.05, 0.1) is 11.1 Å². The quantitative estimate of drug-likeness (QED) is 0.140. The van der Waals surface area contributed by atoms with Crippen LogP contribution in [0.15, 0.2) is 273 Å². The summed E-state index contributed by atoms with van der Waals surface area (Å²) in [6.45, 7) is 0. The Morgan fingerprint density at radius 2 is 0.797 bits per heavy atom. The lowest BCUT2D eigenvalue weighted by atomic mass is 9.67. The molecule has 1 aliphatic rings. The van der Waals surface area contributed by atoms with Crippen molar-refractivity contribution in [1.82, 2.24) is 0 Å². The summed E-state index contributed by atoms with van der Waals surface area (Å²) in [5, 5.41) is 2.56. The second-order valence-corrected chi connectivity index (χ2v) is 19.0. The molecule has 1 aromatic heterocycles. The summed E-state index contributed by atoms with van der Waals surface area (Å²) in [5.74, 6) is 0. The van der Waals surface area contributed by atoms with Gasteiger partial charge < -0.3 is 4.90 Å². The summed E-state index contributed by atoms with van der Waals surface area (Å²) in [6.07, 6.45) is 0. The van der Waals surface area contributed by atoms with Crippen LogP contribution >= 0.6 is 11.3 Å². The number of benzene rings is 11. The molecule has 0 saturated heterocycles. The van der Waals surface area contributed by atoms with E-state index in [4.69, 9.17) is 0 Å². The predicted octanol–water partition coefficient (Wildman–Crippen LogP) is 18.6. The maximum Gasteiger partial charge on any atom is 0.0714 e. The highest BCUT2D eigenvalue weighted by Crippen LogP contribution is 2.57. The van der Waals surface area contributed by atoms with Gasteiger partial charge in [-0.3, -0.25) is 0 Å². The van der Waals surface area contributed by atoms with Crippen molar-refractivity contribution in [2.45, 2.75) is 5.41 Å². The molecule has 1 nitrogen and oxygen atoms in total. The van der Waals surface area contributed by atoms with E-state index in [0.717, 1.165) is 28.2 Å². The van der Waals surface area contributed by atoms with Crippen LogP contribution in [0.1, 0.15) is 22.3 Å². The van der Waals surface area contributed by atoms with Crippen LogP contribution in [0, 0.1) is 0 Å². The zero-order valence-corrected chi connectivity index (χ0v) is 38.7. The average Bonchev–Trinajstić information content (AvgIpc) is 3.95. The minimum atomic E-state index is -0.560. The molecular weight excluding hydrogens is 851 g/mol. The smallest absolute Gasteiger partial charge is 0.0714 e. The third-order valence-electron chi connectivity index (χ3n) is 14.1. The molecular formula is C67H45NS. The number of fused-ring (bicyclic) bond motifs is 6. The van der Waals surface area contributed by atoms with Crippen molar-refractivity contribution in [1.29, 1.82) is 0 Å². The molecule has 324 valence electrons. The van der Waals surface area contributed by atoms with Crippen LogP contribution in [-0.4, -0.2) is 0 Å². The molecule has 11 aromatic carbocycles. The normalized spacial score (nSPS) is 12.5. The third-order valence-corrected chi connectivity index (χ3v) is 15.3. The Morgan fingerprint density at radius 3 is 1.52 bits per heavy atom. The van der Waals surface area contributed by atoms with Gasteiger partial charge in [-0.1, -0.05) is 218 Å². The zero-order valence-electron chi connectivity index (χ0n) is 37.8. The third kappa shape index (κ3) is 6.83. The number of hydrogen-bond donors (Lipinski definition) is 0. The molecule has 0 atom stereocenters. The minimum Gasteiger partial charge on any atom is -0.310 e. The number of rotatable bonds is 9. The van der Waals surface area contributed by atoms with Gasteiger partial charge in [-0.05, 0) is 127 Å². The lowest BCUT2D eigenvalue weighted by molar-refractivity contribution is 0.768. The zero-order chi connectivity index (χ0) is 45.7. The summed E-state index contributed by atoms with van der Waals surface area (Å²) in [5.41, 5.74) is 19.7. The van der Waals surface area contributed by atoms with Gasteiger partial charge in [0.25, 0.3) is 0 Å². The molecule has 0 spiro atoms. The monoisotopic (exact) mass is 895 g/mol. The van der Waals surface area contributed by atoms with Gasteiger partial charge >= 0.3 is 0 Å². The fourth-order valence-electron chi connectivity index (χ4n) is 11.1. The first-order chi connectivity index (χ1) is 34.2. The van der Waals surface area contributed by atoms with E-state index in [-0.39, 0.29) is 0 Å². The standard InChI is InChI=1S/C67H45NS/c1-4-20-46(21-5-1)48-24-16-26-50(42-48)56-35-19-38-63(66(56)51-40-41-65-60(44-51)59-34-12-15-39-64(59)69-65)68(54-30-17-25-49(43-54)47-22-6-2-7-23-47)55-31-18-29-53(45-55)67(52-27-8-3-9-28-52)61-36-13-10-32-57(61)58-33-11-14-37-62(58)67/h1-45H. The van der Waals surface area contributed by atoms with Crippen LogP contribution in [0.4, 0.5) is 17.1 Å². The Balaban J connectivity index is 1.10. The van der Waals surface area contributed by atoms with E-state index in [2.05, 4.69) is 278 Å². The van der Waals surface area contributed by atoms with Crippen LogP contribution in [0.2, 0.25) is 0 Å². The van der Waals surface area contributed by atoms with Gasteiger partial charge in [0.1, 0.15) is 0 Å². The fraction of sp³-hybridized carbons (Fsp3) is 0.0149.